The highest BCUT2D eigenvalue weighted by molar-refractivity contribution is 6.31. The van der Waals surface area contributed by atoms with Crippen LogP contribution >= 0.6 is 11.6 Å². The number of fused-ring (bicyclic) bond motifs is 1. The van der Waals surface area contributed by atoms with Crippen molar-refractivity contribution in [1.82, 2.24) is 25.2 Å². The summed E-state index contributed by atoms with van der Waals surface area (Å²) in [6, 6.07) is 5.52. The van der Waals surface area contributed by atoms with Crippen LogP contribution in [0.2, 0.25) is 5.15 Å². The average molecular weight is 559 g/mol. The number of halogens is 2. The van der Waals surface area contributed by atoms with Crippen molar-refractivity contribution in [2.75, 3.05) is 18.0 Å². The maximum absolute atomic E-state index is 12.6. The molecule has 6 N–H and O–H groups in total. The highest BCUT2D eigenvalue weighted by Crippen LogP contribution is 2.19. The minimum Gasteiger partial charge on any atom is -1.00 e. The van der Waals surface area contributed by atoms with Crippen LogP contribution in [0, 0.1) is 0 Å². The predicted octanol–water partition coefficient (Wildman–Crippen LogP) is -2.22. The van der Waals surface area contributed by atoms with E-state index in [1.807, 2.05) is 42.2 Å². The van der Waals surface area contributed by atoms with E-state index >= 15 is 0 Å². The number of carbonyl (C=O) groups is 2. The van der Waals surface area contributed by atoms with Gasteiger partial charge in [0.2, 0.25) is 0 Å². The number of hydrogen-bond acceptors (Lipinski definition) is 6. The smallest absolute Gasteiger partial charge is 0.276 e. The molecule has 0 unspecified atom stereocenters. The number of aromatic nitrogens is 4. The van der Waals surface area contributed by atoms with Crippen molar-refractivity contribution in [2.45, 2.75) is 26.9 Å². The fourth-order valence-electron chi connectivity index (χ4n) is 3.30. The first kappa shape index (κ1) is 24.6. The number of nitrogens with two attached hydrogens (primary N) is 2. The number of amides is 2. The topological polar surface area (TPSA) is 145 Å². The molecule has 31 heavy (non-hydrogen) atoms. The lowest BCUT2D eigenvalue weighted by Crippen LogP contribution is -3.00. The Bertz CT molecular complexity index is 1150. The number of benzene rings is 1. The number of imidazole rings is 1. The van der Waals surface area contributed by atoms with Crippen LogP contribution in [0.1, 0.15) is 40.5 Å². The van der Waals surface area contributed by atoms with E-state index in [0.717, 1.165) is 16.9 Å². The Hall–Kier alpha value is -2.67. The summed E-state index contributed by atoms with van der Waals surface area (Å²) in [6.07, 6.45) is 0. The Morgan fingerprint density at radius 3 is 2.48 bits per heavy atom. The molecule has 2 amide bonds. The predicted molar refractivity (Wildman–Crippen MR) is 114 cm³/mol. The normalized spacial score (nSPS) is 10.6. The van der Waals surface area contributed by atoms with E-state index in [-0.39, 0.29) is 58.9 Å². The molecule has 0 fully saturated rings. The first-order valence-electron chi connectivity index (χ1n) is 9.44. The minimum atomic E-state index is -0.516. The van der Waals surface area contributed by atoms with Crippen LogP contribution in [0.5, 0.6) is 0 Å². The van der Waals surface area contributed by atoms with Gasteiger partial charge in [0.05, 0.1) is 13.6 Å². The zero-order valence-corrected chi connectivity index (χ0v) is 20.3. The molecule has 0 saturated heterocycles. The maximum atomic E-state index is 12.6. The fourth-order valence-corrected chi connectivity index (χ4v) is 3.43. The van der Waals surface area contributed by atoms with Crippen molar-refractivity contribution < 1.29 is 38.1 Å². The second-order valence-electron chi connectivity index (χ2n) is 6.60. The molecule has 10 nitrogen and oxygen atoms in total. The number of nitrogens with zero attached hydrogens (tertiary/aromatic N) is 4. The van der Waals surface area contributed by atoms with Gasteiger partial charge in [0, 0.05) is 18.2 Å². The standard InChI is InChI=1S/C19H23ClN8O2.HI/c1-4-23-18(29)10-6-7-11-12(8-10)28(5-2)13(27(11)3)9-24-19(30)14-16(21)26-17(22)15(20)25-14;/h6-8H,4-5,9H2,1-3H3,(H5-,21,22,23,24,26,29,30);1H. The minimum absolute atomic E-state index is 0. The van der Waals surface area contributed by atoms with Crippen LogP contribution in [-0.4, -0.2) is 32.9 Å². The zero-order valence-electron chi connectivity index (χ0n) is 17.4. The van der Waals surface area contributed by atoms with Gasteiger partial charge >= 0.3 is 0 Å². The molecule has 3 aromatic rings. The fraction of sp³-hybridized carbons (Fsp3) is 0.316. The molecule has 0 bridgehead atoms. The molecule has 0 spiro atoms. The van der Waals surface area contributed by atoms with Crippen molar-refractivity contribution in [3.8, 4) is 0 Å². The van der Waals surface area contributed by atoms with E-state index in [2.05, 4.69) is 20.6 Å². The third-order valence-electron chi connectivity index (χ3n) is 4.77. The van der Waals surface area contributed by atoms with E-state index in [9.17, 15) is 9.59 Å². The van der Waals surface area contributed by atoms with Crippen molar-refractivity contribution in [3.63, 3.8) is 0 Å². The molecule has 0 radical (unpaired) electrons. The van der Waals surface area contributed by atoms with Gasteiger partial charge in [-0.15, -0.1) is 0 Å². The number of hydrogen-bond donors (Lipinski definition) is 4. The highest BCUT2D eigenvalue weighted by atomic mass is 127. The van der Waals surface area contributed by atoms with Crippen LogP contribution in [0.15, 0.2) is 18.2 Å². The lowest BCUT2D eigenvalue weighted by molar-refractivity contribution is -0.654. The first-order valence-corrected chi connectivity index (χ1v) is 9.82. The summed E-state index contributed by atoms with van der Waals surface area (Å²) in [5.74, 6) is 0.0577. The quantitative estimate of drug-likeness (QED) is 0.199. The summed E-state index contributed by atoms with van der Waals surface area (Å²) in [7, 11) is 1.90. The van der Waals surface area contributed by atoms with Gasteiger partial charge in [-0.2, -0.15) is 0 Å². The van der Waals surface area contributed by atoms with E-state index in [1.54, 1.807) is 6.07 Å². The lowest BCUT2D eigenvalue weighted by Gasteiger charge is -2.07. The molecular weight excluding hydrogens is 535 g/mol. The number of carbonyl (C=O) groups excluding carboxylic acids is 2. The molecule has 0 saturated carbocycles. The molecule has 0 aliphatic heterocycles. The van der Waals surface area contributed by atoms with Crippen molar-refractivity contribution >= 4 is 46.1 Å². The first-order chi connectivity index (χ1) is 14.3. The number of aryl methyl sites for hydroxylation is 2. The Morgan fingerprint density at radius 1 is 1.13 bits per heavy atom. The summed E-state index contributed by atoms with van der Waals surface area (Å²) < 4.78 is 3.99. The van der Waals surface area contributed by atoms with Gasteiger partial charge in [-0.05, 0) is 26.0 Å². The van der Waals surface area contributed by atoms with E-state index in [4.69, 9.17) is 23.1 Å². The molecule has 12 heteroatoms. The zero-order chi connectivity index (χ0) is 22.0. The van der Waals surface area contributed by atoms with Crippen molar-refractivity contribution in [1.29, 1.82) is 0 Å². The molecular formula is C19H24ClIN8O2. The Labute approximate surface area is 201 Å². The van der Waals surface area contributed by atoms with Crippen LogP contribution in [0.4, 0.5) is 11.6 Å². The van der Waals surface area contributed by atoms with Gasteiger partial charge in [-0.25, -0.2) is 19.1 Å². The van der Waals surface area contributed by atoms with Crippen molar-refractivity contribution in [3.05, 3.63) is 40.4 Å². The Balaban J connectivity index is 0.00000341. The van der Waals surface area contributed by atoms with Crippen LogP contribution in [0.3, 0.4) is 0 Å². The van der Waals surface area contributed by atoms with E-state index in [1.165, 1.54) is 0 Å². The van der Waals surface area contributed by atoms with Crippen molar-refractivity contribution in [2.24, 2.45) is 7.05 Å². The van der Waals surface area contributed by atoms with Gasteiger partial charge in [0.15, 0.2) is 33.5 Å². The average Bonchev–Trinajstić information content (AvgIpc) is 2.99. The summed E-state index contributed by atoms with van der Waals surface area (Å²) in [5.41, 5.74) is 13.6. The van der Waals surface area contributed by atoms with Gasteiger partial charge in [-0.1, -0.05) is 11.6 Å². The van der Waals surface area contributed by atoms with Crippen LogP contribution in [-0.2, 0) is 20.1 Å². The molecule has 166 valence electrons. The van der Waals surface area contributed by atoms with Crippen LogP contribution < -0.4 is 50.6 Å². The third-order valence-corrected chi connectivity index (χ3v) is 5.05. The molecule has 3 rings (SSSR count). The lowest BCUT2D eigenvalue weighted by atomic mass is 10.2. The largest absolute Gasteiger partial charge is 1.00 e. The SMILES string of the molecule is CCNC(=O)c1ccc2c(c1)n(CC)c(CNC(=O)c1nc(Cl)c(N)nc1N)[n+]2C.[I-]. The number of nitrogen functional groups attached to an aromatic ring is 2. The second-order valence-corrected chi connectivity index (χ2v) is 6.96. The van der Waals surface area contributed by atoms with Gasteiger partial charge in [0.25, 0.3) is 17.6 Å². The van der Waals surface area contributed by atoms with Gasteiger partial charge in [-0.3, -0.25) is 9.59 Å². The van der Waals surface area contributed by atoms with Gasteiger partial charge < -0.3 is 46.1 Å². The summed E-state index contributed by atoms with van der Waals surface area (Å²) >= 11 is 5.86. The van der Waals surface area contributed by atoms with E-state index in [0.29, 0.717) is 18.7 Å². The Kier molecular flexibility index (Phi) is 8.01. The summed E-state index contributed by atoms with van der Waals surface area (Å²) in [4.78, 5) is 32.5. The van der Waals surface area contributed by atoms with Gasteiger partial charge in [0.1, 0.15) is 6.54 Å². The molecule has 2 heterocycles. The number of rotatable bonds is 6. The molecule has 1 aromatic carbocycles. The molecule has 2 aromatic heterocycles. The molecule has 0 atom stereocenters. The third kappa shape index (κ3) is 4.82. The second kappa shape index (κ2) is 10.1. The monoisotopic (exact) mass is 558 g/mol. The van der Waals surface area contributed by atoms with Crippen LogP contribution in [0.25, 0.3) is 11.0 Å². The summed E-state index contributed by atoms with van der Waals surface area (Å²) in [6.45, 7) is 5.27. The molecule has 0 aliphatic rings. The number of anilines is 2. The van der Waals surface area contributed by atoms with E-state index < -0.39 is 5.91 Å². The number of nitrogens with one attached hydrogen (secondary N) is 2. The highest BCUT2D eigenvalue weighted by Gasteiger charge is 2.24. The summed E-state index contributed by atoms with van der Waals surface area (Å²) in [5, 5.41) is 5.51. The molecule has 0 aliphatic carbocycles. The Morgan fingerprint density at radius 2 is 1.84 bits per heavy atom. The maximum Gasteiger partial charge on any atom is 0.276 e.